The molecule has 4 rings (SSSR count). The molecule has 1 aromatic carbocycles. The van der Waals surface area contributed by atoms with E-state index in [1.165, 1.54) is 12.1 Å². The Kier molecular flexibility index (Phi) is 6.29. The van der Waals surface area contributed by atoms with E-state index in [1.54, 1.807) is 25.1 Å². The third kappa shape index (κ3) is 5.07. The molecule has 2 fully saturated rings. The number of nitrogens with one attached hydrogen (secondary N) is 1. The van der Waals surface area contributed by atoms with Crippen molar-refractivity contribution in [2.45, 2.75) is 50.6 Å². The molecule has 8 heteroatoms. The van der Waals surface area contributed by atoms with Gasteiger partial charge >= 0.3 is 0 Å². The van der Waals surface area contributed by atoms with Crippen molar-refractivity contribution in [1.29, 1.82) is 0 Å². The van der Waals surface area contributed by atoms with Crippen molar-refractivity contribution >= 4 is 17.3 Å². The molecule has 2 aliphatic rings. The van der Waals surface area contributed by atoms with Crippen molar-refractivity contribution in [3.63, 3.8) is 0 Å². The highest BCUT2D eigenvalue weighted by atomic mass is 19.3. The highest BCUT2D eigenvalue weighted by molar-refractivity contribution is 6.04. The number of benzene rings is 1. The van der Waals surface area contributed by atoms with Crippen LogP contribution in [0.5, 0.6) is 0 Å². The molecule has 3 heterocycles. The predicted octanol–water partition coefficient (Wildman–Crippen LogP) is 4.71. The summed E-state index contributed by atoms with van der Waals surface area (Å²) >= 11 is 0. The average molecular weight is 434 g/mol. The average Bonchev–Trinajstić information content (AvgIpc) is 3.25. The number of rotatable bonds is 5. The van der Waals surface area contributed by atoms with Crippen LogP contribution in [0, 0.1) is 0 Å². The zero-order chi connectivity index (χ0) is 22.0. The maximum Gasteiger partial charge on any atom is 0.291 e. The van der Waals surface area contributed by atoms with Crippen molar-refractivity contribution in [3.05, 3.63) is 47.4 Å². The molecule has 2 aromatic rings. The van der Waals surface area contributed by atoms with Gasteiger partial charge in [0.2, 0.25) is 0 Å². The zero-order valence-corrected chi connectivity index (χ0v) is 17.6. The molecule has 2 saturated heterocycles. The van der Waals surface area contributed by atoms with Gasteiger partial charge in [-0.1, -0.05) is 6.07 Å². The predicted molar refractivity (Wildman–Crippen MR) is 113 cm³/mol. The maximum atomic E-state index is 13.3. The summed E-state index contributed by atoms with van der Waals surface area (Å²) in [6.45, 7) is 4.26. The van der Waals surface area contributed by atoms with Gasteiger partial charge in [-0.2, -0.15) is 0 Å². The van der Waals surface area contributed by atoms with Gasteiger partial charge in [0.05, 0.1) is 17.0 Å². The van der Waals surface area contributed by atoms with Crippen LogP contribution in [0.4, 0.5) is 20.2 Å². The monoisotopic (exact) mass is 434 g/mol. The Hall–Kier alpha value is -2.45. The molecular formula is C23H28F2N2O4. The van der Waals surface area contributed by atoms with Crippen LogP contribution in [-0.2, 0) is 4.74 Å². The molecular weight excluding hydrogens is 406 g/mol. The van der Waals surface area contributed by atoms with Gasteiger partial charge in [-0.3, -0.25) is 4.79 Å². The number of carbonyl (C=O) groups is 1. The van der Waals surface area contributed by atoms with Gasteiger partial charge in [-0.05, 0) is 56.9 Å². The number of hydrogen-bond acceptors (Lipinski definition) is 5. The Morgan fingerprint density at radius 3 is 2.58 bits per heavy atom. The van der Waals surface area contributed by atoms with Crippen LogP contribution < -0.4 is 10.2 Å². The number of nitrogens with zero attached hydrogens (tertiary/aromatic N) is 1. The molecule has 2 aliphatic heterocycles. The quantitative estimate of drug-likeness (QED) is 0.713. The third-order valence-corrected chi connectivity index (χ3v) is 6.18. The van der Waals surface area contributed by atoms with Crippen LogP contribution in [0.15, 0.2) is 34.7 Å². The van der Waals surface area contributed by atoms with E-state index >= 15 is 0 Å². The molecule has 1 aromatic heterocycles. The Bertz CT molecular complexity index is 912. The van der Waals surface area contributed by atoms with Gasteiger partial charge in [0, 0.05) is 37.8 Å². The minimum absolute atomic E-state index is 0.150. The Morgan fingerprint density at radius 1 is 1.19 bits per heavy atom. The van der Waals surface area contributed by atoms with Gasteiger partial charge in [-0.15, -0.1) is 0 Å². The summed E-state index contributed by atoms with van der Waals surface area (Å²) in [6, 6.07) is 7.71. The van der Waals surface area contributed by atoms with E-state index in [2.05, 4.69) is 5.32 Å². The molecule has 168 valence electrons. The van der Waals surface area contributed by atoms with E-state index < -0.39 is 17.9 Å². The first kappa shape index (κ1) is 21.8. The van der Waals surface area contributed by atoms with Gasteiger partial charge in [0.25, 0.3) is 12.3 Å². The van der Waals surface area contributed by atoms with Crippen LogP contribution in [0.3, 0.4) is 0 Å². The van der Waals surface area contributed by atoms with E-state index in [9.17, 15) is 18.7 Å². The van der Waals surface area contributed by atoms with Crippen molar-refractivity contribution < 1.29 is 27.8 Å². The molecule has 6 nitrogen and oxygen atoms in total. The standard InChI is InChI=1S/C23H28F2N2O4/c1-23(29)8-10-27(11-9-23)18-3-2-16(21(24)25)14-17(18)26-22(28)20-5-4-19(31-20)15-6-12-30-13-7-15/h2-5,14-15,21,29H,6-13H2,1H3,(H,26,28). The van der Waals surface area contributed by atoms with Crippen molar-refractivity contribution in [1.82, 2.24) is 0 Å². The number of halogens is 2. The largest absolute Gasteiger partial charge is 0.456 e. The fourth-order valence-corrected chi connectivity index (χ4v) is 4.15. The molecule has 0 atom stereocenters. The van der Waals surface area contributed by atoms with Crippen molar-refractivity contribution in [2.75, 3.05) is 36.5 Å². The first-order chi connectivity index (χ1) is 14.8. The van der Waals surface area contributed by atoms with Crippen LogP contribution >= 0.6 is 0 Å². The summed E-state index contributed by atoms with van der Waals surface area (Å²) < 4.78 is 37.8. The van der Waals surface area contributed by atoms with Crippen LogP contribution in [0.1, 0.15) is 66.8 Å². The van der Waals surface area contributed by atoms with E-state index in [-0.39, 0.29) is 17.2 Å². The lowest BCUT2D eigenvalue weighted by Crippen LogP contribution is -2.42. The summed E-state index contributed by atoms with van der Waals surface area (Å²) in [5.41, 5.74) is 0.0700. The molecule has 2 N–H and O–H groups in total. The lowest BCUT2D eigenvalue weighted by atomic mass is 9.93. The minimum atomic E-state index is -2.64. The molecule has 0 bridgehead atoms. The third-order valence-electron chi connectivity index (χ3n) is 6.18. The molecule has 0 radical (unpaired) electrons. The van der Waals surface area contributed by atoms with Gasteiger partial charge < -0.3 is 24.5 Å². The smallest absolute Gasteiger partial charge is 0.291 e. The van der Waals surface area contributed by atoms with E-state index in [0.29, 0.717) is 50.5 Å². The molecule has 0 unspecified atom stereocenters. The second-order valence-corrected chi connectivity index (χ2v) is 8.60. The van der Waals surface area contributed by atoms with Crippen LogP contribution in [0.2, 0.25) is 0 Å². The fraction of sp³-hybridized carbons (Fsp3) is 0.522. The summed E-state index contributed by atoms with van der Waals surface area (Å²) in [5.74, 6) is 0.633. The van der Waals surface area contributed by atoms with Crippen molar-refractivity contribution in [2.24, 2.45) is 0 Å². The normalized spacial score (nSPS) is 19.6. The Balaban J connectivity index is 1.54. The number of alkyl halides is 2. The molecule has 0 spiro atoms. The van der Waals surface area contributed by atoms with Gasteiger partial charge in [0.15, 0.2) is 5.76 Å². The first-order valence-electron chi connectivity index (χ1n) is 10.7. The lowest BCUT2D eigenvalue weighted by molar-refractivity contribution is 0.0351. The minimum Gasteiger partial charge on any atom is -0.456 e. The SMILES string of the molecule is CC1(O)CCN(c2ccc(C(F)F)cc2NC(=O)c2ccc(C3CCOCC3)o2)CC1. The van der Waals surface area contributed by atoms with Crippen molar-refractivity contribution in [3.8, 4) is 0 Å². The lowest BCUT2D eigenvalue weighted by Gasteiger charge is -2.38. The number of furan rings is 1. The Labute approximate surface area is 180 Å². The number of aliphatic hydroxyl groups is 1. The van der Waals surface area contributed by atoms with Crippen LogP contribution in [0.25, 0.3) is 0 Å². The van der Waals surface area contributed by atoms with Gasteiger partial charge in [0.1, 0.15) is 5.76 Å². The highest BCUT2D eigenvalue weighted by Crippen LogP contribution is 2.35. The first-order valence-corrected chi connectivity index (χ1v) is 10.7. The van der Waals surface area contributed by atoms with E-state index in [0.717, 1.165) is 18.6 Å². The number of piperidine rings is 1. The summed E-state index contributed by atoms with van der Waals surface area (Å²) in [4.78, 5) is 14.9. The van der Waals surface area contributed by atoms with Crippen LogP contribution in [-0.4, -0.2) is 42.9 Å². The zero-order valence-electron chi connectivity index (χ0n) is 17.6. The molecule has 31 heavy (non-hydrogen) atoms. The summed E-state index contributed by atoms with van der Waals surface area (Å²) in [7, 11) is 0. The number of amides is 1. The molecule has 0 aliphatic carbocycles. The van der Waals surface area contributed by atoms with E-state index in [4.69, 9.17) is 9.15 Å². The summed E-state index contributed by atoms with van der Waals surface area (Å²) in [5, 5.41) is 13.0. The fourth-order valence-electron chi connectivity index (χ4n) is 4.15. The molecule has 1 amide bonds. The van der Waals surface area contributed by atoms with Gasteiger partial charge in [-0.25, -0.2) is 8.78 Å². The number of ether oxygens (including phenoxy) is 1. The maximum absolute atomic E-state index is 13.3. The number of hydrogen-bond donors (Lipinski definition) is 2. The second-order valence-electron chi connectivity index (χ2n) is 8.60. The number of anilines is 2. The molecule has 0 saturated carbocycles. The topological polar surface area (TPSA) is 74.9 Å². The second kappa shape index (κ2) is 8.96. The Morgan fingerprint density at radius 2 is 1.90 bits per heavy atom. The summed E-state index contributed by atoms with van der Waals surface area (Å²) in [6.07, 6.45) is 0.158. The van der Waals surface area contributed by atoms with E-state index in [1.807, 2.05) is 4.90 Å². The number of carbonyl (C=O) groups excluding carboxylic acids is 1. The highest BCUT2D eigenvalue weighted by Gasteiger charge is 2.29.